The molecular weight excluding hydrogens is 436 g/mol. The summed E-state index contributed by atoms with van der Waals surface area (Å²) >= 11 is 3.08. The summed E-state index contributed by atoms with van der Waals surface area (Å²) in [5, 5.41) is 17.1. The Bertz CT molecular complexity index is 978. The van der Waals surface area contributed by atoms with E-state index in [1.807, 2.05) is 0 Å². The highest BCUT2D eigenvalue weighted by atomic mass is 79.9. The lowest BCUT2D eigenvalue weighted by atomic mass is 10.2. The Morgan fingerprint density at radius 2 is 2.00 bits per heavy atom. The molecule has 11 heteroatoms. The quantitative estimate of drug-likeness (QED) is 0.394. The summed E-state index contributed by atoms with van der Waals surface area (Å²) < 4.78 is 10.7. The van der Waals surface area contributed by atoms with Gasteiger partial charge in [-0.15, -0.1) is 0 Å². The van der Waals surface area contributed by atoms with Crippen LogP contribution in [0.5, 0.6) is 11.5 Å². The summed E-state index contributed by atoms with van der Waals surface area (Å²) in [7, 11) is 0. The maximum Gasteiger partial charge on any atom is 0.284 e. The van der Waals surface area contributed by atoms with Gasteiger partial charge < -0.3 is 14.8 Å². The van der Waals surface area contributed by atoms with E-state index in [2.05, 4.69) is 31.8 Å². The second-order valence-electron chi connectivity index (χ2n) is 5.51. The van der Waals surface area contributed by atoms with E-state index >= 15 is 0 Å². The van der Waals surface area contributed by atoms with Crippen molar-refractivity contribution in [2.75, 3.05) is 13.3 Å². The Morgan fingerprint density at radius 1 is 1.21 bits per heavy atom. The number of nitro groups is 1. The molecule has 0 fully saturated rings. The van der Waals surface area contributed by atoms with Crippen molar-refractivity contribution in [2.45, 2.75) is 0 Å². The van der Waals surface area contributed by atoms with Crippen molar-refractivity contribution in [1.82, 2.24) is 10.7 Å². The third-order valence-electron chi connectivity index (χ3n) is 3.61. The van der Waals surface area contributed by atoms with Gasteiger partial charge in [-0.2, -0.15) is 5.10 Å². The van der Waals surface area contributed by atoms with Crippen LogP contribution < -0.4 is 20.2 Å². The first-order chi connectivity index (χ1) is 13.4. The van der Waals surface area contributed by atoms with Crippen molar-refractivity contribution < 1.29 is 24.0 Å². The second kappa shape index (κ2) is 8.48. The Hall–Kier alpha value is -3.47. The number of benzene rings is 2. The Morgan fingerprint density at radius 3 is 2.79 bits per heavy atom. The molecule has 0 bridgehead atoms. The van der Waals surface area contributed by atoms with E-state index in [4.69, 9.17) is 9.47 Å². The van der Waals surface area contributed by atoms with Crippen LogP contribution in [0.1, 0.15) is 15.9 Å². The minimum atomic E-state index is -0.558. The number of fused-ring (bicyclic) bond motifs is 1. The molecule has 0 saturated carbocycles. The number of hydrogen-bond donors (Lipinski definition) is 2. The SMILES string of the molecule is O=C(CNC(=O)c1ccc2c(c1)OCO2)NN=Cc1ccc(Br)c([N+](=O)[O-])c1. The molecule has 2 N–H and O–H groups in total. The maximum absolute atomic E-state index is 12.1. The van der Waals surface area contributed by atoms with Crippen LogP contribution in [0, 0.1) is 10.1 Å². The Balaban J connectivity index is 1.50. The fraction of sp³-hybridized carbons (Fsp3) is 0.118. The van der Waals surface area contributed by atoms with Crippen LogP contribution in [0.3, 0.4) is 0 Å². The molecule has 2 aromatic carbocycles. The maximum atomic E-state index is 12.1. The third-order valence-corrected chi connectivity index (χ3v) is 4.28. The molecule has 10 nitrogen and oxygen atoms in total. The number of nitrogens with zero attached hydrogens (tertiary/aromatic N) is 2. The van der Waals surface area contributed by atoms with Crippen LogP contribution in [-0.4, -0.2) is 36.3 Å². The van der Waals surface area contributed by atoms with E-state index in [-0.39, 0.29) is 19.0 Å². The molecule has 0 spiro atoms. The molecule has 0 unspecified atom stereocenters. The van der Waals surface area contributed by atoms with E-state index in [1.54, 1.807) is 18.2 Å². The number of hydrogen-bond acceptors (Lipinski definition) is 7. The first-order valence-corrected chi connectivity index (χ1v) is 8.67. The third kappa shape index (κ3) is 4.62. The lowest BCUT2D eigenvalue weighted by Crippen LogP contribution is -2.34. The number of nitrogens with one attached hydrogen (secondary N) is 2. The van der Waals surface area contributed by atoms with E-state index in [0.29, 0.717) is 27.1 Å². The van der Waals surface area contributed by atoms with E-state index in [9.17, 15) is 19.7 Å². The minimum Gasteiger partial charge on any atom is -0.454 e. The first kappa shape index (κ1) is 19.3. The molecule has 28 heavy (non-hydrogen) atoms. The molecule has 0 aromatic heterocycles. The average Bonchev–Trinajstić information content (AvgIpc) is 3.15. The monoisotopic (exact) mass is 448 g/mol. The number of carbonyl (C=O) groups is 2. The van der Waals surface area contributed by atoms with E-state index < -0.39 is 16.7 Å². The van der Waals surface area contributed by atoms with Crippen LogP contribution in [0.25, 0.3) is 0 Å². The molecule has 0 radical (unpaired) electrons. The molecule has 144 valence electrons. The molecule has 2 aromatic rings. The van der Waals surface area contributed by atoms with Gasteiger partial charge >= 0.3 is 0 Å². The number of halogens is 1. The zero-order valence-electron chi connectivity index (χ0n) is 14.2. The van der Waals surface area contributed by atoms with Gasteiger partial charge in [-0.1, -0.05) is 6.07 Å². The van der Waals surface area contributed by atoms with Gasteiger partial charge in [0.05, 0.1) is 22.2 Å². The summed E-state index contributed by atoms with van der Waals surface area (Å²) in [5.41, 5.74) is 2.87. The molecule has 1 aliphatic heterocycles. The average molecular weight is 449 g/mol. The van der Waals surface area contributed by atoms with Crippen LogP contribution in [0.2, 0.25) is 0 Å². The van der Waals surface area contributed by atoms with E-state index in [0.717, 1.165) is 0 Å². The fourth-order valence-electron chi connectivity index (χ4n) is 2.27. The van der Waals surface area contributed by atoms with Gasteiger partial charge in [0.15, 0.2) is 11.5 Å². The summed E-state index contributed by atoms with van der Waals surface area (Å²) in [5.74, 6) is 0.0000187. The zero-order chi connectivity index (χ0) is 20.1. The van der Waals surface area contributed by atoms with Gasteiger partial charge in [-0.05, 0) is 40.2 Å². The summed E-state index contributed by atoms with van der Waals surface area (Å²) in [6, 6.07) is 9.09. The van der Waals surface area contributed by atoms with Gasteiger partial charge in [0.25, 0.3) is 17.5 Å². The van der Waals surface area contributed by atoms with Crippen molar-refractivity contribution in [3.05, 3.63) is 62.1 Å². The molecule has 0 saturated heterocycles. The highest BCUT2D eigenvalue weighted by Gasteiger charge is 2.16. The predicted molar refractivity (Wildman–Crippen MR) is 101 cm³/mol. The zero-order valence-corrected chi connectivity index (χ0v) is 15.8. The lowest BCUT2D eigenvalue weighted by molar-refractivity contribution is -0.385. The molecule has 1 aliphatic rings. The summed E-state index contributed by atoms with van der Waals surface area (Å²) in [4.78, 5) is 34.2. The van der Waals surface area contributed by atoms with Crippen molar-refractivity contribution in [1.29, 1.82) is 0 Å². The number of ether oxygens (including phenoxy) is 2. The molecule has 0 aliphatic carbocycles. The van der Waals surface area contributed by atoms with Gasteiger partial charge in [0.2, 0.25) is 6.79 Å². The second-order valence-corrected chi connectivity index (χ2v) is 6.37. The first-order valence-electron chi connectivity index (χ1n) is 7.88. The molecule has 1 heterocycles. The van der Waals surface area contributed by atoms with Crippen molar-refractivity contribution in [3.63, 3.8) is 0 Å². The largest absolute Gasteiger partial charge is 0.454 e. The molecule has 3 rings (SSSR count). The number of carbonyl (C=O) groups excluding carboxylic acids is 2. The van der Waals surface area contributed by atoms with Crippen molar-refractivity contribution in [2.24, 2.45) is 5.10 Å². The smallest absolute Gasteiger partial charge is 0.284 e. The van der Waals surface area contributed by atoms with Gasteiger partial charge in [-0.3, -0.25) is 19.7 Å². The van der Waals surface area contributed by atoms with Crippen molar-refractivity contribution in [3.8, 4) is 11.5 Å². The predicted octanol–water partition coefficient (Wildman–Crippen LogP) is 1.97. The fourth-order valence-corrected chi connectivity index (χ4v) is 2.66. The summed E-state index contributed by atoms with van der Waals surface area (Å²) in [6.07, 6.45) is 1.26. The number of nitro benzene ring substituents is 1. The normalized spacial score (nSPS) is 12.0. The molecule has 2 amide bonds. The minimum absolute atomic E-state index is 0.0995. The highest BCUT2D eigenvalue weighted by molar-refractivity contribution is 9.10. The Labute approximate surface area is 166 Å². The highest BCUT2D eigenvalue weighted by Crippen LogP contribution is 2.32. The lowest BCUT2D eigenvalue weighted by Gasteiger charge is -2.05. The van der Waals surface area contributed by atoms with Gasteiger partial charge in [-0.25, -0.2) is 5.43 Å². The number of rotatable bonds is 6. The van der Waals surface area contributed by atoms with Crippen LogP contribution in [0.15, 0.2) is 46.0 Å². The Kier molecular flexibility index (Phi) is 5.84. The van der Waals surface area contributed by atoms with Crippen molar-refractivity contribution >= 4 is 39.6 Å². The molecular formula is C17H13BrN4O6. The van der Waals surface area contributed by atoms with Gasteiger partial charge in [0.1, 0.15) is 0 Å². The summed E-state index contributed by atoms with van der Waals surface area (Å²) in [6.45, 7) is -0.201. The van der Waals surface area contributed by atoms with E-state index in [1.165, 1.54) is 24.4 Å². The van der Waals surface area contributed by atoms with Gasteiger partial charge in [0, 0.05) is 17.2 Å². The van der Waals surface area contributed by atoms with Crippen LogP contribution >= 0.6 is 15.9 Å². The number of hydrazone groups is 1. The standard InChI is InChI=1S/C17H13BrN4O6/c18-12-3-1-10(5-13(12)22(25)26)7-20-21-16(23)8-19-17(24)11-2-4-14-15(6-11)28-9-27-14/h1-7H,8-9H2,(H,19,24)(H,21,23). The van der Waals surface area contributed by atoms with Crippen LogP contribution in [0.4, 0.5) is 5.69 Å². The molecule has 0 atom stereocenters. The topological polar surface area (TPSA) is 132 Å². The number of amides is 2. The van der Waals surface area contributed by atoms with Crippen LogP contribution in [-0.2, 0) is 4.79 Å².